The quantitative estimate of drug-likeness (QED) is 0.782. The first-order chi connectivity index (χ1) is 12.6. The van der Waals surface area contributed by atoms with E-state index in [1.54, 1.807) is 18.2 Å². The molecule has 0 saturated carbocycles. The van der Waals surface area contributed by atoms with Crippen molar-refractivity contribution in [1.82, 2.24) is 15.5 Å². The molecule has 0 aliphatic rings. The molecule has 0 saturated heterocycles. The number of carbonyl (C=O) groups is 2. The van der Waals surface area contributed by atoms with Gasteiger partial charge in [-0.05, 0) is 25.0 Å². The van der Waals surface area contributed by atoms with Crippen LogP contribution in [-0.4, -0.2) is 28.1 Å². The number of hydrogen-bond acceptors (Lipinski definition) is 6. The highest BCUT2D eigenvalue weighted by Crippen LogP contribution is 2.18. The summed E-state index contributed by atoms with van der Waals surface area (Å²) in [5, 5.41) is 6.64. The number of amides is 1. The van der Waals surface area contributed by atoms with Crippen molar-refractivity contribution >= 4 is 11.9 Å². The van der Waals surface area contributed by atoms with Gasteiger partial charge in [0.1, 0.15) is 6.04 Å². The van der Waals surface area contributed by atoms with Gasteiger partial charge in [0.25, 0.3) is 11.8 Å². The average molecular weight is 373 g/mol. The van der Waals surface area contributed by atoms with Crippen LogP contribution in [0.3, 0.4) is 0 Å². The number of ether oxygens (including phenoxy) is 1. The van der Waals surface area contributed by atoms with E-state index in [0.717, 1.165) is 5.56 Å². The molecular weight excluding hydrogens is 346 g/mol. The minimum Gasteiger partial charge on any atom is -0.454 e. The lowest BCUT2D eigenvalue weighted by molar-refractivity contribution is -0.149. The number of benzene rings is 1. The minimum atomic E-state index is -0.775. The van der Waals surface area contributed by atoms with Gasteiger partial charge in [-0.15, -0.1) is 0 Å². The van der Waals surface area contributed by atoms with Crippen LogP contribution >= 0.6 is 0 Å². The fraction of sp³-hybridized carbons (Fsp3) is 0.500. The normalized spacial score (nSPS) is 12.7. The van der Waals surface area contributed by atoms with Crippen LogP contribution in [0.5, 0.6) is 0 Å². The number of carbonyl (C=O) groups excluding carboxylic acids is 2. The standard InChI is InChI=1S/C20H27N3O4/c1-12(2)16(22-17(24)14-9-7-8-13(3)10-14)18(25)26-11-15-21-19(23-27-15)20(4,5)6/h7-10,12,16H,11H2,1-6H3,(H,22,24)/t16-/m1/s1. The first-order valence-corrected chi connectivity index (χ1v) is 8.95. The van der Waals surface area contributed by atoms with E-state index in [1.807, 2.05) is 47.6 Å². The van der Waals surface area contributed by atoms with Gasteiger partial charge in [-0.3, -0.25) is 4.79 Å². The first-order valence-electron chi connectivity index (χ1n) is 8.95. The maximum atomic E-state index is 12.5. The third-order valence-corrected chi connectivity index (χ3v) is 3.96. The van der Waals surface area contributed by atoms with E-state index in [-0.39, 0.29) is 29.7 Å². The molecule has 1 aromatic heterocycles. The van der Waals surface area contributed by atoms with Crippen LogP contribution in [0.2, 0.25) is 0 Å². The van der Waals surface area contributed by atoms with Crippen molar-refractivity contribution in [3.63, 3.8) is 0 Å². The van der Waals surface area contributed by atoms with Gasteiger partial charge in [0.05, 0.1) is 0 Å². The van der Waals surface area contributed by atoms with E-state index < -0.39 is 12.0 Å². The van der Waals surface area contributed by atoms with Gasteiger partial charge in [-0.2, -0.15) is 4.98 Å². The Hall–Kier alpha value is -2.70. The lowest BCUT2D eigenvalue weighted by Crippen LogP contribution is -2.45. The maximum Gasteiger partial charge on any atom is 0.329 e. The lowest BCUT2D eigenvalue weighted by Gasteiger charge is -2.20. The van der Waals surface area contributed by atoms with Crippen LogP contribution in [0.25, 0.3) is 0 Å². The summed E-state index contributed by atoms with van der Waals surface area (Å²) in [5.74, 6) is -0.231. The van der Waals surface area contributed by atoms with Crippen LogP contribution in [0.4, 0.5) is 0 Å². The highest BCUT2D eigenvalue weighted by molar-refractivity contribution is 5.97. The van der Waals surface area contributed by atoms with Crippen molar-refractivity contribution < 1.29 is 18.8 Å². The molecule has 2 aromatic rings. The van der Waals surface area contributed by atoms with Gasteiger partial charge in [-0.1, -0.05) is 57.5 Å². The van der Waals surface area contributed by atoms with Gasteiger partial charge in [0, 0.05) is 11.0 Å². The van der Waals surface area contributed by atoms with E-state index in [0.29, 0.717) is 11.4 Å². The summed E-state index contributed by atoms with van der Waals surface area (Å²) in [6, 6.07) is 6.40. The molecule has 1 N–H and O–H groups in total. The summed E-state index contributed by atoms with van der Waals surface area (Å²) in [5.41, 5.74) is 1.21. The molecule has 1 aromatic carbocycles. The van der Waals surface area contributed by atoms with Crippen LogP contribution in [0, 0.1) is 12.8 Å². The summed E-state index contributed by atoms with van der Waals surface area (Å²) in [7, 11) is 0. The molecule has 1 atom stereocenters. The largest absolute Gasteiger partial charge is 0.454 e. The second-order valence-corrected chi connectivity index (χ2v) is 7.93. The Morgan fingerprint density at radius 3 is 2.52 bits per heavy atom. The Morgan fingerprint density at radius 2 is 1.96 bits per heavy atom. The van der Waals surface area contributed by atoms with Gasteiger partial charge < -0.3 is 14.6 Å². The summed E-state index contributed by atoms with van der Waals surface area (Å²) in [4.78, 5) is 29.1. The number of hydrogen-bond donors (Lipinski definition) is 1. The molecule has 146 valence electrons. The molecule has 1 heterocycles. The molecule has 1 amide bonds. The van der Waals surface area contributed by atoms with E-state index in [1.165, 1.54) is 0 Å². The third-order valence-electron chi connectivity index (χ3n) is 3.96. The fourth-order valence-electron chi connectivity index (χ4n) is 2.35. The highest BCUT2D eigenvalue weighted by Gasteiger charge is 2.27. The van der Waals surface area contributed by atoms with Crippen LogP contribution in [-0.2, 0) is 21.6 Å². The first kappa shape index (κ1) is 20.6. The van der Waals surface area contributed by atoms with Crippen LogP contribution < -0.4 is 5.32 Å². The fourth-order valence-corrected chi connectivity index (χ4v) is 2.35. The van der Waals surface area contributed by atoms with Crippen molar-refractivity contribution in [2.45, 2.75) is 59.6 Å². The van der Waals surface area contributed by atoms with Crippen molar-refractivity contribution in [2.75, 3.05) is 0 Å². The molecule has 0 spiro atoms. The summed E-state index contributed by atoms with van der Waals surface area (Å²) < 4.78 is 10.4. The monoisotopic (exact) mass is 373 g/mol. The Bertz CT molecular complexity index is 806. The van der Waals surface area contributed by atoms with Gasteiger partial charge in [0.15, 0.2) is 12.4 Å². The zero-order valence-electron chi connectivity index (χ0n) is 16.7. The predicted octanol–water partition coefficient (Wildman–Crippen LogP) is 3.17. The maximum absolute atomic E-state index is 12.5. The highest BCUT2D eigenvalue weighted by atomic mass is 16.6. The van der Waals surface area contributed by atoms with Crippen molar-refractivity contribution in [3.8, 4) is 0 Å². The molecule has 0 radical (unpaired) electrons. The van der Waals surface area contributed by atoms with Gasteiger partial charge >= 0.3 is 5.97 Å². The Balaban J connectivity index is 2.00. The number of aromatic nitrogens is 2. The van der Waals surface area contributed by atoms with Crippen LogP contribution in [0.1, 0.15) is 62.3 Å². The summed E-state index contributed by atoms with van der Waals surface area (Å²) >= 11 is 0. The van der Waals surface area contributed by atoms with Crippen molar-refractivity contribution in [2.24, 2.45) is 5.92 Å². The summed E-state index contributed by atoms with van der Waals surface area (Å²) in [6.45, 7) is 11.3. The lowest BCUT2D eigenvalue weighted by atomic mass is 9.96. The third kappa shape index (κ3) is 5.64. The average Bonchev–Trinajstić information content (AvgIpc) is 3.06. The van der Waals surface area contributed by atoms with Gasteiger partial charge in [0.2, 0.25) is 0 Å². The number of nitrogens with zero attached hydrogens (tertiary/aromatic N) is 2. The minimum absolute atomic E-state index is 0.133. The smallest absolute Gasteiger partial charge is 0.329 e. The molecule has 2 rings (SSSR count). The molecular formula is C20H27N3O4. The van der Waals surface area contributed by atoms with E-state index in [9.17, 15) is 9.59 Å². The van der Waals surface area contributed by atoms with Gasteiger partial charge in [-0.25, -0.2) is 4.79 Å². The Labute approximate surface area is 159 Å². The molecule has 0 aliphatic carbocycles. The van der Waals surface area contributed by atoms with Crippen molar-refractivity contribution in [3.05, 3.63) is 47.1 Å². The zero-order chi connectivity index (χ0) is 20.2. The Morgan fingerprint density at radius 1 is 1.26 bits per heavy atom. The number of esters is 1. The SMILES string of the molecule is Cc1cccc(C(=O)N[C@@H](C(=O)OCc2nc(C(C)(C)C)no2)C(C)C)c1. The number of aryl methyl sites for hydroxylation is 1. The molecule has 7 heteroatoms. The van der Waals surface area contributed by atoms with Crippen LogP contribution in [0.15, 0.2) is 28.8 Å². The van der Waals surface area contributed by atoms with E-state index >= 15 is 0 Å². The number of nitrogens with one attached hydrogen (secondary N) is 1. The number of rotatable bonds is 6. The predicted molar refractivity (Wildman–Crippen MR) is 100 cm³/mol. The van der Waals surface area contributed by atoms with E-state index in [4.69, 9.17) is 9.26 Å². The van der Waals surface area contributed by atoms with Crippen molar-refractivity contribution in [1.29, 1.82) is 0 Å². The Kier molecular flexibility index (Phi) is 6.36. The molecule has 0 unspecified atom stereocenters. The summed E-state index contributed by atoms with van der Waals surface area (Å²) in [6.07, 6.45) is 0. The second kappa shape index (κ2) is 8.33. The molecule has 0 fully saturated rings. The topological polar surface area (TPSA) is 94.3 Å². The second-order valence-electron chi connectivity index (χ2n) is 7.93. The zero-order valence-corrected chi connectivity index (χ0v) is 16.7. The molecule has 0 bridgehead atoms. The molecule has 7 nitrogen and oxygen atoms in total. The van der Waals surface area contributed by atoms with E-state index in [2.05, 4.69) is 15.5 Å². The molecule has 0 aliphatic heterocycles. The molecule has 27 heavy (non-hydrogen) atoms.